The summed E-state index contributed by atoms with van der Waals surface area (Å²) in [5.41, 5.74) is 1.70. The molecular formula is C16H18BrN5O2. The monoisotopic (exact) mass is 391 g/mol. The van der Waals surface area contributed by atoms with E-state index in [4.69, 9.17) is 0 Å². The molecule has 3 rings (SSSR count). The van der Waals surface area contributed by atoms with Crippen LogP contribution in [0.25, 0.3) is 0 Å². The second-order valence-electron chi connectivity index (χ2n) is 6.02. The maximum absolute atomic E-state index is 12.4. The summed E-state index contributed by atoms with van der Waals surface area (Å²) >= 11 is 3.39. The van der Waals surface area contributed by atoms with Crippen LogP contribution in [-0.2, 0) is 9.59 Å². The molecular weight excluding hydrogens is 374 g/mol. The maximum atomic E-state index is 12.4. The highest BCUT2D eigenvalue weighted by atomic mass is 79.9. The minimum absolute atomic E-state index is 0.0218. The lowest BCUT2D eigenvalue weighted by molar-refractivity contribution is -0.134. The van der Waals surface area contributed by atoms with Crippen molar-refractivity contribution in [3.63, 3.8) is 0 Å². The Morgan fingerprint density at radius 1 is 1.46 bits per heavy atom. The van der Waals surface area contributed by atoms with Crippen LogP contribution in [0.3, 0.4) is 0 Å². The van der Waals surface area contributed by atoms with Crippen molar-refractivity contribution in [3.05, 3.63) is 40.4 Å². The number of amides is 2. The van der Waals surface area contributed by atoms with Gasteiger partial charge in [-0.3, -0.25) is 14.7 Å². The molecule has 7 nitrogen and oxygen atoms in total. The number of hydrogen-bond acceptors (Lipinski definition) is 4. The van der Waals surface area contributed by atoms with Crippen molar-refractivity contribution in [2.24, 2.45) is 5.92 Å². The Labute approximate surface area is 148 Å². The largest absolute Gasteiger partial charge is 0.336 e. The molecule has 24 heavy (non-hydrogen) atoms. The molecule has 1 heterocycles. The van der Waals surface area contributed by atoms with Crippen molar-refractivity contribution >= 4 is 33.4 Å². The van der Waals surface area contributed by atoms with Crippen molar-refractivity contribution in [2.45, 2.75) is 19.3 Å². The van der Waals surface area contributed by atoms with Crippen LogP contribution in [0, 0.1) is 12.8 Å². The third-order valence-corrected chi connectivity index (χ3v) is 4.61. The zero-order valence-electron chi connectivity index (χ0n) is 13.4. The quantitative estimate of drug-likeness (QED) is 0.815. The molecule has 2 aromatic rings. The number of carbonyl (C=O) groups excluding carboxylic acids is 2. The van der Waals surface area contributed by atoms with E-state index in [1.165, 1.54) is 11.2 Å². The normalized spacial score (nSPS) is 19.0. The Hall–Kier alpha value is -2.22. The van der Waals surface area contributed by atoms with Gasteiger partial charge >= 0.3 is 0 Å². The molecule has 0 aliphatic heterocycles. The van der Waals surface area contributed by atoms with Crippen molar-refractivity contribution in [1.29, 1.82) is 0 Å². The van der Waals surface area contributed by atoms with Gasteiger partial charge in [0.1, 0.15) is 12.2 Å². The smallest absolute Gasteiger partial charge is 0.243 e. The first-order valence-corrected chi connectivity index (χ1v) is 8.41. The summed E-state index contributed by atoms with van der Waals surface area (Å²) in [6, 6.07) is 5.63. The fourth-order valence-corrected chi connectivity index (χ4v) is 3.17. The van der Waals surface area contributed by atoms with E-state index in [0.717, 1.165) is 28.0 Å². The summed E-state index contributed by atoms with van der Waals surface area (Å²) in [7, 11) is 1.64. The molecule has 126 valence electrons. The van der Waals surface area contributed by atoms with E-state index in [-0.39, 0.29) is 30.2 Å². The summed E-state index contributed by atoms with van der Waals surface area (Å²) in [4.78, 5) is 30.1. The number of nitrogens with one attached hydrogen (secondary N) is 2. The van der Waals surface area contributed by atoms with Gasteiger partial charge in [-0.1, -0.05) is 15.9 Å². The predicted octanol–water partition coefficient (Wildman–Crippen LogP) is 2.08. The van der Waals surface area contributed by atoms with Crippen molar-refractivity contribution < 1.29 is 9.59 Å². The van der Waals surface area contributed by atoms with Crippen LogP contribution in [-0.4, -0.2) is 45.5 Å². The Morgan fingerprint density at radius 3 is 2.92 bits per heavy atom. The molecule has 1 aliphatic carbocycles. The van der Waals surface area contributed by atoms with Crippen molar-refractivity contribution in [2.75, 3.05) is 18.9 Å². The van der Waals surface area contributed by atoms with Gasteiger partial charge in [-0.2, -0.15) is 5.10 Å². The van der Waals surface area contributed by atoms with Gasteiger partial charge in [-0.05, 0) is 37.1 Å². The second-order valence-corrected chi connectivity index (χ2v) is 6.94. The summed E-state index contributed by atoms with van der Waals surface area (Å²) in [5, 5.41) is 9.43. The number of aryl methyl sites for hydroxylation is 1. The van der Waals surface area contributed by atoms with E-state index in [9.17, 15) is 9.59 Å². The number of aromatic nitrogens is 3. The summed E-state index contributed by atoms with van der Waals surface area (Å²) in [5.74, 6) is 0.438. The first kappa shape index (κ1) is 16.6. The van der Waals surface area contributed by atoms with E-state index in [1.54, 1.807) is 7.05 Å². The molecule has 2 atom stereocenters. The van der Waals surface area contributed by atoms with Gasteiger partial charge in [0, 0.05) is 29.0 Å². The number of nitrogens with zero attached hydrogens (tertiary/aromatic N) is 3. The molecule has 1 aromatic heterocycles. The molecule has 0 spiro atoms. The van der Waals surface area contributed by atoms with Gasteiger partial charge in [0.25, 0.3) is 0 Å². The molecule has 1 fully saturated rings. The number of halogens is 1. The highest BCUT2D eigenvalue weighted by Gasteiger charge is 2.47. The number of aromatic amines is 1. The molecule has 2 amide bonds. The van der Waals surface area contributed by atoms with E-state index < -0.39 is 0 Å². The molecule has 1 aliphatic rings. The summed E-state index contributed by atoms with van der Waals surface area (Å²) in [6.45, 7) is 1.94. The number of anilines is 1. The lowest BCUT2D eigenvalue weighted by Crippen LogP contribution is -2.36. The van der Waals surface area contributed by atoms with Crippen LogP contribution in [0.1, 0.15) is 23.7 Å². The van der Waals surface area contributed by atoms with E-state index in [1.807, 2.05) is 25.1 Å². The number of benzene rings is 1. The van der Waals surface area contributed by atoms with Crippen LogP contribution >= 0.6 is 15.9 Å². The van der Waals surface area contributed by atoms with E-state index in [0.29, 0.717) is 0 Å². The Morgan fingerprint density at radius 2 is 2.25 bits per heavy atom. The number of hydrogen-bond donors (Lipinski definition) is 2. The average Bonchev–Trinajstić information content (AvgIpc) is 3.14. The van der Waals surface area contributed by atoms with Crippen LogP contribution < -0.4 is 5.32 Å². The number of rotatable bonds is 5. The standard InChI is InChI=1S/C16H18BrN5O2/c1-9-5-10(17)3-4-13(9)20-14(23)7-22(2)16(24)12-6-11(12)15-18-8-19-21-15/h3-5,8,11-12H,6-7H2,1-2H3,(H,20,23)(H,18,19,21)/t11-,12-/m0/s1. The number of carbonyl (C=O) groups is 2. The average molecular weight is 392 g/mol. The van der Waals surface area contributed by atoms with Gasteiger partial charge < -0.3 is 10.2 Å². The van der Waals surface area contributed by atoms with Crippen LogP contribution in [0.15, 0.2) is 29.0 Å². The van der Waals surface area contributed by atoms with Gasteiger partial charge in [0.2, 0.25) is 11.8 Å². The molecule has 0 unspecified atom stereocenters. The highest BCUT2D eigenvalue weighted by Crippen LogP contribution is 2.46. The van der Waals surface area contributed by atoms with Crippen LogP contribution in [0.4, 0.5) is 5.69 Å². The SMILES string of the molecule is Cc1cc(Br)ccc1NC(=O)CN(C)C(=O)[C@H]1C[C@@H]1c1ncn[nH]1. The lowest BCUT2D eigenvalue weighted by Gasteiger charge is -2.17. The fourth-order valence-electron chi connectivity index (χ4n) is 2.70. The maximum Gasteiger partial charge on any atom is 0.243 e. The van der Waals surface area contributed by atoms with E-state index in [2.05, 4.69) is 36.4 Å². The Kier molecular flexibility index (Phi) is 4.66. The predicted molar refractivity (Wildman–Crippen MR) is 92.4 cm³/mol. The summed E-state index contributed by atoms with van der Waals surface area (Å²) in [6.07, 6.45) is 2.18. The molecule has 2 N–H and O–H groups in total. The molecule has 0 bridgehead atoms. The minimum atomic E-state index is -0.215. The number of likely N-dealkylation sites (N-methyl/N-ethyl adjacent to an activating group) is 1. The van der Waals surface area contributed by atoms with Gasteiger partial charge in [0.15, 0.2) is 0 Å². The third-order valence-electron chi connectivity index (χ3n) is 4.11. The molecule has 0 radical (unpaired) electrons. The van der Waals surface area contributed by atoms with Gasteiger partial charge in [0.05, 0.1) is 6.54 Å². The zero-order valence-corrected chi connectivity index (χ0v) is 15.0. The topological polar surface area (TPSA) is 91.0 Å². The molecule has 8 heteroatoms. The van der Waals surface area contributed by atoms with Crippen molar-refractivity contribution in [1.82, 2.24) is 20.1 Å². The number of H-pyrrole nitrogens is 1. The third kappa shape index (κ3) is 3.64. The Bertz CT molecular complexity index is 762. The van der Waals surface area contributed by atoms with Gasteiger partial charge in [-0.15, -0.1) is 0 Å². The fraction of sp³-hybridized carbons (Fsp3) is 0.375. The second kappa shape index (κ2) is 6.72. The van der Waals surface area contributed by atoms with Crippen molar-refractivity contribution in [3.8, 4) is 0 Å². The highest BCUT2D eigenvalue weighted by molar-refractivity contribution is 9.10. The first-order valence-electron chi connectivity index (χ1n) is 7.62. The Balaban J connectivity index is 1.53. The van der Waals surface area contributed by atoms with E-state index >= 15 is 0 Å². The summed E-state index contributed by atoms with van der Waals surface area (Å²) < 4.78 is 0.956. The lowest BCUT2D eigenvalue weighted by atomic mass is 10.2. The minimum Gasteiger partial charge on any atom is -0.336 e. The van der Waals surface area contributed by atoms with Crippen LogP contribution in [0.5, 0.6) is 0 Å². The van der Waals surface area contributed by atoms with Crippen LogP contribution in [0.2, 0.25) is 0 Å². The first-order chi connectivity index (χ1) is 11.5. The molecule has 1 aromatic carbocycles. The molecule has 1 saturated carbocycles. The molecule has 0 saturated heterocycles. The zero-order chi connectivity index (χ0) is 17.3. The van der Waals surface area contributed by atoms with Gasteiger partial charge in [-0.25, -0.2) is 4.98 Å².